The van der Waals surface area contributed by atoms with Crippen molar-refractivity contribution in [3.8, 4) is 6.07 Å². The molecule has 0 aliphatic carbocycles. The zero-order chi connectivity index (χ0) is 13.5. The van der Waals surface area contributed by atoms with Crippen LogP contribution in [-0.2, 0) is 0 Å². The third kappa shape index (κ3) is 3.91. The Morgan fingerprint density at radius 1 is 1.33 bits per heavy atom. The minimum Gasteiger partial charge on any atom is -0.192 e. The minimum atomic E-state index is 0.664. The summed E-state index contributed by atoms with van der Waals surface area (Å²) in [5.41, 5.74) is 3.91. The van der Waals surface area contributed by atoms with Gasteiger partial charge >= 0.3 is 0 Å². The summed E-state index contributed by atoms with van der Waals surface area (Å²) in [6, 6.07) is 7.85. The fraction of sp³-hybridized carbons (Fsp3) is 0.188. The Morgan fingerprint density at radius 2 is 2.06 bits per heavy atom. The van der Waals surface area contributed by atoms with Gasteiger partial charge in [-0.3, -0.25) is 0 Å². The van der Waals surface area contributed by atoms with Crippen LogP contribution in [-0.4, -0.2) is 0 Å². The molecule has 1 aromatic carbocycles. The molecule has 0 bridgehead atoms. The van der Waals surface area contributed by atoms with Gasteiger partial charge in [-0.25, -0.2) is 0 Å². The average Bonchev–Trinajstić information content (AvgIpc) is 2.35. The van der Waals surface area contributed by atoms with Crippen LogP contribution in [0.3, 0.4) is 0 Å². The van der Waals surface area contributed by atoms with Crippen LogP contribution in [0, 0.1) is 18.3 Å². The van der Waals surface area contributed by atoms with Crippen LogP contribution < -0.4 is 0 Å². The molecule has 0 unspecified atom stereocenters. The molecule has 0 saturated heterocycles. The molecular formula is C16H16ClN. The van der Waals surface area contributed by atoms with Crippen LogP contribution in [0.25, 0.3) is 5.57 Å². The summed E-state index contributed by atoms with van der Waals surface area (Å²) >= 11 is 5.85. The Bertz CT molecular complexity index is 553. The van der Waals surface area contributed by atoms with Crippen molar-refractivity contribution in [2.75, 3.05) is 0 Å². The molecule has 2 heteroatoms. The number of aryl methyl sites for hydroxylation is 1. The summed E-state index contributed by atoms with van der Waals surface area (Å²) < 4.78 is 0. The maximum atomic E-state index is 8.96. The van der Waals surface area contributed by atoms with Gasteiger partial charge in [-0.15, -0.1) is 0 Å². The Labute approximate surface area is 114 Å². The van der Waals surface area contributed by atoms with Crippen molar-refractivity contribution in [3.63, 3.8) is 0 Å². The van der Waals surface area contributed by atoms with Crippen molar-refractivity contribution in [2.45, 2.75) is 20.8 Å². The standard InChI is InChI=1S/C16H16ClN/c1-4-5-15(9-7-13(3)17)16-10-14(11-18)8-6-12(16)2/h4-10H,1-3H3/b5-4-,13-7+,15-9+. The third-order valence-electron chi connectivity index (χ3n) is 2.52. The van der Waals surface area contributed by atoms with Gasteiger partial charge < -0.3 is 0 Å². The summed E-state index contributed by atoms with van der Waals surface area (Å²) in [4.78, 5) is 0. The molecule has 0 aliphatic rings. The number of allylic oxidation sites excluding steroid dienone is 6. The van der Waals surface area contributed by atoms with Crippen molar-refractivity contribution >= 4 is 17.2 Å². The van der Waals surface area contributed by atoms with E-state index in [1.807, 2.05) is 63.3 Å². The summed E-state index contributed by atoms with van der Waals surface area (Å²) in [6.07, 6.45) is 7.81. The van der Waals surface area contributed by atoms with E-state index in [0.29, 0.717) is 5.56 Å². The fourth-order valence-corrected chi connectivity index (χ4v) is 1.68. The van der Waals surface area contributed by atoms with Crippen molar-refractivity contribution in [3.05, 3.63) is 64.2 Å². The van der Waals surface area contributed by atoms with Crippen LogP contribution in [0.1, 0.15) is 30.5 Å². The van der Waals surface area contributed by atoms with Crippen LogP contribution in [0.2, 0.25) is 0 Å². The van der Waals surface area contributed by atoms with E-state index >= 15 is 0 Å². The number of benzene rings is 1. The van der Waals surface area contributed by atoms with Crippen molar-refractivity contribution in [1.29, 1.82) is 5.26 Å². The van der Waals surface area contributed by atoms with Crippen molar-refractivity contribution < 1.29 is 0 Å². The van der Waals surface area contributed by atoms with E-state index in [0.717, 1.165) is 21.7 Å². The number of rotatable bonds is 3. The molecule has 1 aromatic rings. The summed E-state index contributed by atoms with van der Waals surface area (Å²) in [6.45, 7) is 5.84. The van der Waals surface area contributed by atoms with Gasteiger partial charge in [-0.1, -0.05) is 35.9 Å². The average molecular weight is 258 g/mol. The van der Waals surface area contributed by atoms with E-state index in [9.17, 15) is 0 Å². The molecule has 0 atom stereocenters. The Morgan fingerprint density at radius 3 is 2.61 bits per heavy atom. The molecule has 0 amide bonds. The molecule has 0 aromatic heterocycles. The number of hydrogen-bond donors (Lipinski definition) is 0. The molecule has 0 spiro atoms. The van der Waals surface area contributed by atoms with E-state index in [4.69, 9.17) is 16.9 Å². The zero-order valence-corrected chi connectivity index (χ0v) is 11.6. The SMILES string of the molecule is C\C=C/C(=C\C=C(/C)Cl)c1cc(C#N)ccc1C. The van der Waals surface area contributed by atoms with E-state index in [1.165, 1.54) is 0 Å². The highest BCUT2D eigenvalue weighted by Gasteiger charge is 2.03. The largest absolute Gasteiger partial charge is 0.192 e. The maximum absolute atomic E-state index is 8.96. The lowest BCUT2D eigenvalue weighted by atomic mass is 9.97. The lowest BCUT2D eigenvalue weighted by Crippen LogP contribution is -1.88. The first-order valence-corrected chi connectivity index (χ1v) is 6.14. The van der Waals surface area contributed by atoms with Gasteiger partial charge in [0.1, 0.15) is 0 Å². The number of nitriles is 1. The molecule has 1 rings (SSSR count). The lowest BCUT2D eigenvalue weighted by Gasteiger charge is -2.07. The molecule has 18 heavy (non-hydrogen) atoms. The number of nitrogens with zero attached hydrogens (tertiary/aromatic N) is 1. The summed E-state index contributed by atoms with van der Waals surface area (Å²) in [5.74, 6) is 0. The fourth-order valence-electron chi connectivity index (χ4n) is 1.62. The molecule has 0 aliphatic heterocycles. The molecular weight excluding hydrogens is 242 g/mol. The van der Waals surface area contributed by atoms with Crippen LogP contribution in [0.15, 0.2) is 47.5 Å². The van der Waals surface area contributed by atoms with Gasteiger partial charge in [-0.05, 0) is 55.7 Å². The number of hydrogen-bond acceptors (Lipinski definition) is 1. The third-order valence-corrected chi connectivity index (χ3v) is 2.64. The predicted molar refractivity (Wildman–Crippen MR) is 78.3 cm³/mol. The quantitative estimate of drug-likeness (QED) is 0.702. The molecule has 0 radical (unpaired) electrons. The van der Waals surface area contributed by atoms with Gasteiger partial charge in [0.15, 0.2) is 0 Å². The minimum absolute atomic E-state index is 0.664. The second kappa shape index (κ2) is 6.83. The van der Waals surface area contributed by atoms with Gasteiger partial charge in [0.05, 0.1) is 11.6 Å². The molecule has 1 nitrogen and oxygen atoms in total. The van der Waals surface area contributed by atoms with Gasteiger partial charge in [0.25, 0.3) is 0 Å². The van der Waals surface area contributed by atoms with Gasteiger partial charge in [-0.2, -0.15) is 5.26 Å². The topological polar surface area (TPSA) is 23.8 Å². The zero-order valence-electron chi connectivity index (χ0n) is 10.9. The summed E-state index contributed by atoms with van der Waals surface area (Å²) in [7, 11) is 0. The monoisotopic (exact) mass is 257 g/mol. The lowest BCUT2D eigenvalue weighted by molar-refractivity contribution is 1.39. The van der Waals surface area contributed by atoms with Crippen LogP contribution >= 0.6 is 11.6 Å². The van der Waals surface area contributed by atoms with Gasteiger partial charge in [0.2, 0.25) is 0 Å². The smallest absolute Gasteiger partial charge is 0.0991 e. The summed E-state index contributed by atoms with van der Waals surface area (Å²) in [5, 5.41) is 9.69. The number of halogens is 1. The van der Waals surface area contributed by atoms with Crippen LogP contribution in [0.4, 0.5) is 0 Å². The maximum Gasteiger partial charge on any atom is 0.0991 e. The molecule has 0 N–H and O–H groups in total. The van der Waals surface area contributed by atoms with Crippen molar-refractivity contribution in [1.82, 2.24) is 0 Å². The Kier molecular flexibility index (Phi) is 5.42. The first-order chi connectivity index (χ1) is 8.58. The predicted octanol–water partition coefficient (Wildman–Crippen LogP) is 4.97. The van der Waals surface area contributed by atoms with E-state index in [1.54, 1.807) is 0 Å². The Hall–Kier alpha value is -1.78. The van der Waals surface area contributed by atoms with Crippen LogP contribution in [0.5, 0.6) is 0 Å². The molecule has 0 fully saturated rings. The Balaban J connectivity index is 3.35. The second-order valence-corrected chi connectivity index (χ2v) is 4.61. The normalized spacial score (nSPS) is 12.8. The van der Waals surface area contributed by atoms with Gasteiger partial charge in [0, 0.05) is 5.03 Å². The van der Waals surface area contributed by atoms with E-state index < -0.39 is 0 Å². The second-order valence-electron chi connectivity index (χ2n) is 4.02. The molecule has 0 heterocycles. The van der Waals surface area contributed by atoms with E-state index in [2.05, 4.69) is 6.07 Å². The first kappa shape index (κ1) is 14.3. The highest BCUT2D eigenvalue weighted by molar-refractivity contribution is 6.29. The molecule has 0 saturated carbocycles. The highest BCUT2D eigenvalue weighted by Crippen LogP contribution is 2.22. The van der Waals surface area contributed by atoms with E-state index in [-0.39, 0.29) is 0 Å². The highest BCUT2D eigenvalue weighted by atomic mass is 35.5. The molecule has 92 valence electrons. The van der Waals surface area contributed by atoms with Crippen molar-refractivity contribution in [2.24, 2.45) is 0 Å². The first-order valence-electron chi connectivity index (χ1n) is 5.76.